The number of aromatic nitrogens is 1. The van der Waals surface area contributed by atoms with Crippen LogP contribution in [-0.4, -0.2) is 59.8 Å². The third-order valence-corrected chi connectivity index (χ3v) is 5.69. The molecule has 0 saturated heterocycles. The zero-order valence-electron chi connectivity index (χ0n) is 18.8. The predicted molar refractivity (Wildman–Crippen MR) is 126 cm³/mol. The van der Waals surface area contributed by atoms with Crippen molar-refractivity contribution in [3.05, 3.63) is 42.1 Å². The van der Waals surface area contributed by atoms with Gasteiger partial charge in [0.2, 0.25) is 18.6 Å². The van der Waals surface area contributed by atoms with E-state index in [1.807, 2.05) is 13.8 Å². The number of hydrogen-bond acceptors (Lipinski definition) is 7. The fraction of sp³-hybridized carbons (Fsp3) is 0.391. The number of carbonyl (C=O) groups excluding carboxylic acids is 3. The summed E-state index contributed by atoms with van der Waals surface area (Å²) in [7, 11) is 0. The molecular weight excluding hydrogens is 444 g/mol. The standard InChI is InChI=1S/C23H28N4O5S/c1-3-9-24-20(28)13-27(11-4-2)23(30)17-6-5-10-25-22(17)33-14-21(29)26-16-7-8-18-19(12-16)32-15-31-18/h5-8,10,12H,3-4,9,11,13-15H2,1-2H3,(H,24,28)(H,26,29). The van der Waals surface area contributed by atoms with Crippen LogP contribution < -0.4 is 20.1 Å². The number of nitrogens with zero attached hydrogens (tertiary/aromatic N) is 2. The van der Waals surface area contributed by atoms with Crippen molar-refractivity contribution >= 4 is 35.2 Å². The quantitative estimate of drug-likeness (QED) is 0.484. The van der Waals surface area contributed by atoms with Crippen LogP contribution in [-0.2, 0) is 9.59 Å². The molecule has 33 heavy (non-hydrogen) atoms. The van der Waals surface area contributed by atoms with Gasteiger partial charge in [-0.3, -0.25) is 14.4 Å². The van der Waals surface area contributed by atoms with E-state index in [0.29, 0.717) is 47.3 Å². The topological polar surface area (TPSA) is 110 Å². The lowest BCUT2D eigenvalue weighted by atomic mass is 10.2. The molecule has 1 aliphatic heterocycles. The van der Waals surface area contributed by atoms with Gasteiger partial charge >= 0.3 is 0 Å². The Bertz CT molecular complexity index is 1000. The van der Waals surface area contributed by atoms with Crippen molar-refractivity contribution in [2.75, 3.05) is 37.5 Å². The average Bonchev–Trinajstić information content (AvgIpc) is 3.29. The molecule has 0 atom stereocenters. The summed E-state index contributed by atoms with van der Waals surface area (Å²) in [5, 5.41) is 6.05. The van der Waals surface area contributed by atoms with Gasteiger partial charge in [0.25, 0.3) is 5.91 Å². The number of nitrogens with one attached hydrogen (secondary N) is 2. The van der Waals surface area contributed by atoms with Crippen molar-refractivity contribution in [3.63, 3.8) is 0 Å². The van der Waals surface area contributed by atoms with E-state index in [1.54, 1.807) is 36.5 Å². The van der Waals surface area contributed by atoms with Gasteiger partial charge in [-0.25, -0.2) is 4.98 Å². The van der Waals surface area contributed by atoms with Gasteiger partial charge in [-0.1, -0.05) is 25.6 Å². The zero-order valence-corrected chi connectivity index (χ0v) is 19.6. The van der Waals surface area contributed by atoms with Gasteiger partial charge in [0.15, 0.2) is 11.5 Å². The van der Waals surface area contributed by atoms with E-state index in [-0.39, 0.29) is 36.8 Å². The summed E-state index contributed by atoms with van der Waals surface area (Å²) in [5.74, 6) is 0.565. The largest absolute Gasteiger partial charge is 0.454 e. The molecule has 10 heteroatoms. The Morgan fingerprint density at radius 1 is 1.09 bits per heavy atom. The minimum absolute atomic E-state index is 0.0176. The molecule has 0 radical (unpaired) electrons. The monoisotopic (exact) mass is 472 g/mol. The molecule has 0 bridgehead atoms. The third-order valence-electron chi connectivity index (χ3n) is 4.69. The minimum Gasteiger partial charge on any atom is -0.454 e. The van der Waals surface area contributed by atoms with Crippen molar-refractivity contribution in [2.45, 2.75) is 31.7 Å². The lowest BCUT2D eigenvalue weighted by Crippen LogP contribution is -2.41. The molecule has 1 aromatic heterocycles. The summed E-state index contributed by atoms with van der Waals surface area (Å²) in [5.41, 5.74) is 0.963. The summed E-state index contributed by atoms with van der Waals surface area (Å²) >= 11 is 1.17. The number of ether oxygens (including phenoxy) is 2. The normalized spacial score (nSPS) is 11.7. The molecular formula is C23H28N4O5S. The highest BCUT2D eigenvalue weighted by Gasteiger charge is 2.22. The molecule has 0 aliphatic carbocycles. The maximum absolute atomic E-state index is 13.2. The van der Waals surface area contributed by atoms with Gasteiger partial charge in [0, 0.05) is 31.0 Å². The molecule has 3 amide bonds. The number of fused-ring (bicyclic) bond motifs is 1. The van der Waals surface area contributed by atoms with E-state index in [1.165, 1.54) is 16.7 Å². The molecule has 9 nitrogen and oxygen atoms in total. The van der Waals surface area contributed by atoms with Crippen molar-refractivity contribution in [1.29, 1.82) is 0 Å². The number of benzene rings is 1. The fourth-order valence-electron chi connectivity index (χ4n) is 3.16. The van der Waals surface area contributed by atoms with Crippen molar-refractivity contribution in [3.8, 4) is 11.5 Å². The summed E-state index contributed by atoms with van der Waals surface area (Å²) < 4.78 is 10.6. The molecule has 0 fully saturated rings. The summed E-state index contributed by atoms with van der Waals surface area (Å²) in [6.07, 6.45) is 3.12. The van der Waals surface area contributed by atoms with Crippen molar-refractivity contribution in [2.24, 2.45) is 0 Å². The minimum atomic E-state index is -0.282. The van der Waals surface area contributed by atoms with E-state index in [2.05, 4.69) is 15.6 Å². The first-order valence-electron chi connectivity index (χ1n) is 10.8. The lowest BCUT2D eigenvalue weighted by molar-refractivity contribution is -0.121. The number of carbonyl (C=O) groups is 3. The average molecular weight is 473 g/mol. The Balaban J connectivity index is 1.63. The van der Waals surface area contributed by atoms with Crippen LogP contribution in [0.4, 0.5) is 5.69 Å². The highest BCUT2D eigenvalue weighted by Crippen LogP contribution is 2.34. The molecule has 2 N–H and O–H groups in total. The van der Waals surface area contributed by atoms with E-state index in [0.717, 1.165) is 6.42 Å². The molecule has 2 aromatic rings. The number of rotatable bonds is 11. The second-order valence-corrected chi connectivity index (χ2v) is 8.30. The molecule has 1 aliphatic rings. The van der Waals surface area contributed by atoms with Crippen LogP contribution in [0, 0.1) is 0 Å². The first-order chi connectivity index (χ1) is 16.0. The highest BCUT2D eigenvalue weighted by atomic mass is 32.2. The second kappa shape index (κ2) is 12.1. The van der Waals surface area contributed by atoms with Gasteiger partial charge in [-0.2, -0.15) is 0 Å². The Morgan fingerprint density at radius 2 is 1.91 bits per heavy atom. The number of hydrogen-bond donors (Lipinski definition) is 2. The van der Waals surface area contributed by atoms with Gasteiger partial charge in [0.1, 0.15) is 5.03 Å². The maximum Gasteiger partial charge on any atom is 0.257 e. The maximum atomic E-state index is 13.2. The van der Waals surface area contributed by atoms with Crippen LogP contribution in [0.1, 0.15) is 37.0 Å². The first-order valence-corrected chi connectivity index (χ1v) is 11.8. The molecule has 3 rings (SSSR count). The van der Waals surface area contributed by atoms with Crippen LogP contribution >= 0.6 is 11.8 Å². The summed E-state index contributed by atoms with van der Waals surface area (Å²) in [4.78, 5) is 43.6. The van der Waals surface area contributed by atoms with E-state index in [4.69, 9.17) is 9.47 Å². The molecule has 0 unspecified atom stereocenters. The van der Waals surface area contributed by atoms with Crippen LogP contribution in [0.5, 0.6) is 11.5 Å². The summed E-state index contributed by atoms with van der Waals surface area (Å²) in [6.45, 7) is 5.08. The van der Waals surface area contributed by atoms with Crippen LogP contribution in [0.25, 0.3) is 0 Å². The summed E-state index contributed by atoms with van der Waals surface area (Å²) in [6, 6.07) is 8.51. The SMILES string of the molecule is CCCNC(=O)CN(CCC)C(=O)c1cccnc1SCC(=O)Nc1ccc2c(c1)OCO2. The fourth-order valence-corrected chi connectivity index (χ4v) is 3.95. The molecule has 1 aromatic carbocycles. The molecule has 176 valence electrons. The van der Waals surface area contributed by atoms with Gasteiger partial charge in [-0.05, 0) is 37.1 Å². The first kappa shape index (κ1) is 24.4. The Hall–Kier alpha value is -3.27. The zero-order chi connectivity index (χ0) is 23.6. The van der Waals surface area contributed by atoms with E-state index < -0.39 is 0 Å². The Kier molecular flexibility index (Phi) is 8.94. The predicted octanol–water partition coefficient (Wildman–Crippen LogP) is 2.92. The smallest absolute Gasteiger partial charge is 0.257 e. The van der Waals surface area contributed by atoms with Crippen molar-refractivity contribution < 1.29 is 23.9 Å². The van der Waals surface area contributed by atoms with Crippen molar-refractivity contribution in [1.82, 2.24) is 15.2 Å². The number of pyridine rings is 1. The molecule has 0 spiro atoms. The Labute approximate surface area is 197 Å². The number of anilines is 1. The van der Waals surface area contributed by atoms with Crippen LogP contribution in [0.2, 0.25) is 0 Å². The Morgan fingerprint density at radius 3 is 2.70 bits per heavy atom. The third kappa shape index (κ3) is 6.85. The van der Waals surface area contributed by atoms with Crippen LogP contribution in [0.3, 0.4) is 0 Å². The molecule has 2 heterocycles. The van der Waals surface area contributed by atoms with Gasteiger partial charge in [-0.15, -0.1) is 0 Å². The molecule has 0 saturated carbocycles. The van der Waals surface area contributed by atoms with E-state index in [9.17, 15) is 14.4 Å². The second-order valence-electron chi connectivity index (χ2n) is 7.34. The van der Waals surface area contributed by atoms with Gasteiger partial charge < -0.3 is 25.0 Å². The van der Waals surface area contributed by atoms with Gasteiger partial charge in [0.05, 0.1) is 17.9 Å². The van der Waals surface area contributed by atoms with Crippen LogP contribution in [0.15, 0.2) is 41.6 Å². The highest BCUT2D eigenvalue weighted by molar-refractivity contribution is 8.00. The lowest BCUT2D eigenvalue weighted by Gasteiger charge is -2.22. The number of amides is 3. The van der Waals surface area contributed by atoms with E-state index >= 15 is 0 Å². The number of thioether (sulfide) groups is 1.